The minimum absolute atomic E-state index is 0.0563. The van der Waals surface area contributed by atoms with Crippen LogP contribution in [0.15, 0.2) is 0 Å². The summed E-state index contributed by atoms with van der Waals surface area (Å²) in [7, 11) is 0. The van der Waals surface area contributed by atoms with Crippen LogP contribution >= 0.6 is 11.8 Å². The standard InChI is InChI=1S/C32H53NO4S/c1-19-8-14-32(35-18-19)20(2)28-27(37-32)17-25-23-7-6-21-16-22(36-29(34)26(33)11-15-38-5)9-12-30(21,3)24(23)10-13-31(25,28)4/h19-28H,6-18,33H2,1-5H3/t19-,20+,21?,22-,23?,24?,25?,26?,27?,28?,30+,31+,32-/m1/s1. The van der Waals surface area contributed by atoms with Crippen LogP contribution in [0, 0.1) is 52.3 Å². The van der Waals surface area contributed by atoms with Gasteiger partial charge in [-0.15, -0.1) is 0 Å². The van der Waals surface area contributed by atoms with Crippen LogP contribution < -0.4 is 5.73 Å². The van der Waals surface area contributed by atoms with E-state index >= 15 is 0 Å². The first-order valence-corrected chi connectivity index (χ1v) is 17.3. The molecule has 216 valence electrons. The van der Waals surface area contributed by atoms with Crippen molar-refractivity contribution in [2.24, 2.45) is 58.0 Å². The number of rotatable bonds is 5. The average molecular weight is 548 g/mol. The molecule has 7 unspecified atom stereocenters. The Kier molecular flexibility index (Phi) is 7.48. The monoisotopic (exact) mass is 547 g/mol. The van der Waals surface area contributed by atoms with Gasteiger partial charge < -0.3 is 19.9 Å². The van der Waals surface area contributed by atoms with Crippen LogP contribution in [-0.4, -0.2) is 48.6 Å². The Bertz CT molecular complexity index is 891. The Labute approximate surface area is 235 Å². The third kappa shape index (κ3) is 4.32. The highest BCUT2D eigenvalue weighted by Gasteiger charge is 2.69. The van der Waals surface area contributed by atoms with Crippen LogP contribution in [0.2, 0.25) is 0 Å². The van der Waals surface area contributed by atoms with Crippen molar-refractivity contribution in [3.63, 3.8) is 0 Å². The number of hydrogen-bond acceptors (Lipinski definition) is 6. The van der Waals surface area contributed by atoms with Crippen molar-refractivity contribution in [3.8, 4) is 0 Å². The summed E-state index contributed by atoms with van der Waals surface area (Å²) in [6.45, 7) is 10.8. The van der Waals surface area contributed by atoms with Gasteiger partial charge in [0.1, 0.15) is 12.1 Å². The van der Waals surface area contributed by atoms with E-state index in [1.807, 2.05) is 0 Å². The van der Waals surface area contributed by atoms with Gasteiger partial charge in [0, 0.05) is 12.3 Å². The predicted octanol–water partition coefficient (Wildman–Crippen LogP) is 6.43. The summed E-state index contributed by atoms with van der Waals surface area (Å²) in [4.78, 5) is 12.6. The van der Waals surface area contributed by atoms with Gasteiger partial charge in [-0.05, 0) is 123 Å². The second-order valence-corrected chi connectivity index (χ2v) is 15.9. The SMILES string of the molecule is CSCCC(N)C(=O)O[C@@H]1CC[C@@]2(C)C(CCC3C2CC[C@@]2(C)C3CC3O[C@]4(CC[C@@H](C)CO4)[C@@H](C)C32)C1. The summed E-state index contributed by atoms with van der Waals surface area (Å²) in [5, 5.41) is 0. The van der Waals surface area contributed by atoms with E-state index in [0.717, 1.165) is 49.4 Å². The first kappa shape index (κ1) is 27.8. The van der Waals surface area contributed by atoms with Crippen LogP contribution in [-0.2, 0) is 19.0 Å². The molecule has 2 N–H and O–H groups in total. The topological polar surface area (TPSA) is 70.8 Å². The zero-order chi connectivity index (χ0) is 26.9. The molecule has 4 saturated carbocycles. The highest BCUT2D eigenvalue weighted by molar-refractivity contribution is 7.98. The van der Waals surface area contributed by atoms with Crippen LogP contribution in [0.3, 0.4) is 0 Å². The summed E-state index contributed by atoms with van der Waals surface area (Å²) < 4.78 is 19.5. The van der Waals surface area contributed by atoms with Crippen molar-refractivity contribution < 1.29 is 19.0 Å². The molecule has 2 aliphatic heterocycles. The summed E-state index contributed by atoms with van der Waals surface area (Å²) in [6, 6.07) is -0.476. The van der Waals surface area contributed by atoms with E-state index < -0.39 is 6.04 Å². The molecular weight excluding hydrogens is 494 g/mol. The molecule has 0 bridgehead atoms. The minimum atomic E-state index is -0.476. The molecular formula is C32H53NO4S. The Morgan fingerprint density at radius 2 is 1.82 bits per heavy atom. The molecule has 2 saturated heterocycles. The first-order chi connectivity index (χ1) is 18.1. The number of hydrogen-bond donors (Lipinski definition) is 1. The number of carbonyl (C=O) groups is 1. The number of nitrogens with two attached hydrogens (primary N) is 1. The Morgan fingerprint density at radius 1 is 1.03 bits per heavy atom. The number of carbonyl (C=O) groups excluding carboxylic acids is 1. The van der Waals surface area contributed by atoms with Gasteiger partial charge in [0.15, 0.2) is 5.79 Å². The molecule has 6 heteroatoms. The lowest BCUT2D eigenvalue weighted by Crippen LogP contribution is -2.55. The molecule has 0 amide bonds. The fourth-order valence-electron chi connectivity index (χ4n) is 11.0. The molecule has 0 aromatic rings. The molecule has 6 fully saturated rings. The van der Waals surface area contributed by atoms with Gasteiger partial charge in [-0.25, -0.2) is 0 Å². The third-order valence-corrected chi connectivity index (χ3v) is 13.7. The highest BCUT2D eigenvalue weighted by atomic mass is 32.2. The fraction of sp³-hybridized carbons (Fsp3) is 0.969. The van der Waals surface area contributed by atoms with E-state index in [9.17, 15) is 4.79 Å². The van der Waals surface area contributed by atoms with E-state index in [2.05, 4.69) is 34.0 Å². The second-order valence-electron chi connectivity index (χ2n) is 14.9. The summed E-state index contributed by atoms with van der Waals surface area (Å²) >= 11 is 1.73. The molecule has 13 atom stereocenters. The van der Waals surface area contributed by atoms with Crippen molar-refractivity contribution >= 4 is 17.7 Å². The lowest BCUT2D eigenvalue weighted by Gasteiger charge is -2.61. The molecule has 6 aliphatic rings. The zero-order valence-electron chi connectivity index (χ0n) is 24.6. The van der Waals surface area contributed by atoms with E-state index in [1.165, 1.54) is 44.9 Å². The van der Waals surface area contributed by atoms with E-state index in [-0.39, 0.29) is 17.9 Å². The van der Waals surface area contributed by atoms with Gasteiger partial charge in [-0.3, -0.25) is 4.79 Å². The summed E-state index contributed by atoms with van der Waals surface area (Å²) in [5.41, 5.74) is 6.88. The second kappa shape index (κ2) is 10.2. The maximum atomic E-state index is 12.6. The summed E-state index contributed by atoms with van der Waals surface area (Å²) in [5.74, 6) is 5.25. The van der Waals surface area contributed by atoms with Gasteiger partial charge >= 0.3 is 5.97 Å². The highest BCUT2D eigenvalue weighted by Crippen LogP contribution is 2.71. The molecule has 5 nitrogen and oxygen atoms in total. The van der Waals surface area contributed by atoms with Crippen molar-refractivity contribution in [2.75, 3.05) is 18.6 Å². The largest absolute Gasteiger partial charge is 0.461 e. The quantitative estimate of drug-likeness (QED) is 0.400. The summed E-state index contributed by atoms with van der Waals surface area (Å²) in [6.07, 6.45) is 15.3. The molecule has 1 spiro atoms. The number of thioether (sulfide) groups is 1. The van der Waals surface area contributed by atoms with E-state index in [0.29, 0.717) is 47.0 Å². The Morgan fingerprint density at radius 3 is 2.55 bits per heavy atom. The molecule has 4 aliphatic carbocycles. The molecule has 2 heterocycles. The predicted molar refractivity (Wildman–Crippen MR) is 153 cm³/mol. The Hall–Kier alpha value is -0.300. The van der Waals surface area contributed by atoms with Crippen molar-refractivity contribution in [3.05, 3.63) is 0 Å². The minimum Gasteiger partial charge on any atom is -0.461 e. The van der Waals surface area contributed by atoms with Gasteiger partial charge in [0.05, 0.1) is 12.7 Å². The smallest absolute Gasteiger partial charge is 0.323 e. The Balaban J connectivity index is 1.12. The molecule has 6 rings (SSSR count). The normalized spacial score (nSPS) is 52.5. The van der Waals surface area contributed by atoms with E-state index in [4.69, 9.17) is 19.9 Å². The van der Waals surface area contributed by atoms with Crippen LogP contribution in [0.4, 0.5) is 0 Å². The van der Waals surface area contributed by atoms with Gasteiger partial charge in [-0.2, -0.15) is 11.8 Å². The van der Waals surface area contributed by atoms with Crippen molar-refractivity contribution in [2.45, 2.75) is 122 Å². The van der Waals surface area contributed by atoms with Gasteiger partial charge in [-0.1, -0.05) is 27.7 Å². The maximum absolute atomic E-state index is 12.6. The van der Waals surface area contributed by atoms with Crippen molar-refractivity contribution in [1.82, 2.24) is 0 Å². The molecule has 0 radical (unpaired) electrons. The fourth-order valence-corrected chi connectivity index (χ4v) is 11.4. The number of esters is 1. The number of ether oxygens (including phenoxy) is 3. The molecule has 38 heavy (non-hydrogen) atoms. The van der Waals surface area contributed by atoms with Crippen LogP contribution in [0.5, 0.6) is 0 Å². The van der Waals surface area contributed by atoms with Crippen molar-refractivity contribution in [1.29, 1.82) is 0 Å². The van der Waals surface area contributed by atoms with Crippen LogP contribution in [0.25, 0.3) is 0 Å². The lowest BCUT2D eigenvalue weighted by molar-refractivity contribution is -0.273. The maximum Gasteiger partial charge on any atom is 0.323 e. The van der Waals surface area contributed by atoms with Crippen LogP contribution in [0.1, 0.15) is 98.3 Å². The first-order valence-electron chi connectivity index (χ1n) is 15.9. The van der Waals surface area contributed by atoms with E-state index in [1.54, 1.807) is 11.8 Å². The average Bonchev–Trinajstić information content (AvgIpc) is 3.34. The number of fused-ring (bicyclic) bond motifs is 7. The molecule has 0 aromatic carbocycles. The molecule has 0 aromatic heterocycles. The van der Waals surface area contributed by atoms with Gasteiger partial charge in [0.2, 0.25) is 0 Å². The zero-order valence-corrected chi connectivity index (χ0v) is 25.4. The lowest BCUT2D eigenvalue weighted by atomic mass is 9.44. The third-order valence-electron chi connectivity index (χ3n) is 13.1. The van der Waals surface area contributed by atoms with Gasteiger partial charge in [0.25, 0.3) is 0 Å².